The third kappa shape index (κ3) is 8.72. The van der Waals surface area contributed by atoms with E-state index < -0.39 is 0 Å². The number of carbonyl (C=O) groups is 2. The molecule has 1 atom stereocenters. The lowest BCUT2D eigenvalue weighted by atomic mass is 9.95. The minimum absolute atomic E-state index is 0.184. The van der Waals surface area contributed by atoms with Crippen molar-refractivity contribution in [3.05, 3.63) is 53.6 Å². The van der Waals surface area contributed by atoms with Crippen molar-refractivity contribution in [3.8, 4) is 0 Å². The molecule has 0 bridgehead atoms. The summed E-state index contributed by atoms with van der Waals surface area (Å²) in [5, 5.41) is 5.98. The topological polar surface area (TPSA) is 98.4 Å². The molecule has 9 nitrogen and oxygen atoms in total. The maximum Gasteiger partial charge on any atom is 0.323 e. The second kappa shape index (κ2) is 15.3. The van der Waals surface area contributed by atoms with Crippen molar-refractivity contribution in [2.45, 2.75) is 45.1 Å². The van der Waals surface area contributed by atoms with Gasteiger partial charge in [-0.05, 0) is 56.5 Å². The highest BCUT2D eigenvalue weighted by atomic mass is 16.5. The molecular formula is C29H41N3O6. The van der Waals surface area contributed by atoms with Crippen LogP contribution in [0.3, 0.4) is 0 Å². The number of ether oxygens (including phenoxy) is 4. The first-order valence-electron chi connectivity index (χ1n) is 13.2. The fourth-order valence-corrected chi connectivity index (χ4v) is 4.66. The largest absolute Gasteiger partial charge is 0.466 e. The molecule has 1 saturated heterocycles. The van der Waals surface area contributed by atoms with Crippen molar-refractivity contribution < 1.29 is 28.5 Å². The van der Waals surface area contributed by atoms with Gasteiger partial charge in [0.15, 0.2) is 0 Å². The Morgan fingerprint density at radius 2 is 1.79 bits per heavy atom. The van der Waals surface area contributed by atoms with Gasteiger partial charge >= 0.3 is 12.0 Å². The van der Waals surface area contributed by atoms with Gasteiger partial charge in [-0.3, -0.25) is 4.79 Å². The van der Waals surface area contributed by atoms with Gasteiger partial charge in [0.1, 0.15) is 0 Å². The first-order valence-corrected chi connectivity index (χ1v) is 13.2. The van der Waals surface area contributed by atoms with Crippen molar-refractivity contribution >= 4 is 29.1 Å². The number of amides is 2. The van der Waals surface area contributed by atoms with Crippen LogP contribution in [0.4, 0.5) is 21.9 Å². The highest BCUT2D eigenvalue weighted by molar-refractivity contribution is 6.02. The third-order valence-electron chi connectivity index (χ3n) is 6.61. The summed E-state index contributed by atoms with van der Waals surface area (Å²) >= 11 is 0. The summed E-state index contributed by atoms with van der Waals surface area (Å²) in [6.45, 7) is 7.06. The fraction of sp³-hybridized carbons (Fsp3) is 0.517. The molecule has 2 amide bonds. The van der Waals surface area contributed by atoms with Crippen molar-refractivity contribution in [2.24, 2.45) is 0 Å². The van der Waals surface area contributed by atoms with Crippen LogP contribution < -0.4 is 15.5 Å². The van der Waals surface area contributed by atoms with Crippen molar-refractivity contribution in [3.63, 3.8) is 0 Å². The average Bonchev–Trinajstić information content (AvgIpc) is 2.91. The Kier molecular flexibility index (Phi) is 11.9. The Balaban J connectivity index is 1.95. The molecule has 1 unspecified atom stereocenters. The summed E-state index contributed by atoms with van der Waals surface area (Å²) < 4.78 is 21.6. The zero-order chi connectivity index (χ0) is 27.3. The summed E-state index contributed by atoms with van der Waals surface area (Å²) in [5.74, 6) is -0.501. The van der Waals surface area contributed by atoms with Gasteiger partial charge in [0, 0.05) is 51.6 Å². The number of hydrogen-bond acceptors (Lipinski definition) is 7. The van der Waals surface area contributed by atoms with Crippen LogP contribution in [-0.4, -0.2) is 71.8 Å². The van der Waals surface area contributed by atoms with Gasteiger partial charge in [0.05, 0.1) is 37.6 Å². The van der Waals surface area contributed by atoms with Gasteiger partial charge < -0.3 is 34.5 Å². The Labute approximate surface area is 225 Å². The van der Waals surface area contributed by atoms with E-state index in [1.165, 1.54) is 0 Å². The fourth-order valence-electron chi connectivity index (χ4n) is 4.66. The molecule has 208 valence electrons. The standard InChI is InChI=1S/C29H41N3O6/c1-5-38-28(33)19-23(20-36-4)22-8-11-27(32(14-17-35-3)25-12-15-37-16-13-25)26(18-22)31-29(34)30-24-9-6-21(2)7-10-24/h6-11,18,23,25H,5,12-17,19-20H2,1-4H3,(H2,30,31,34). The van der Waals surface area contributed by atoms with Crippen LogP contribution in [0.2, 0.25) is 0 Å². The van der Waals surface area contributed by atoms with E-state index in [-0.39, 0.29) is 30.4 Å². The second-order valence-corrected chi connectivity index (χ2v) is 9.41. The summed E-state index contributed by atoms with van der Waals surface area (Å²) in [6, 6.07) is 13.5. The number of aryl methyl sites for hydroxylation is 1. The molecule has 0 radical (unpaired) electrons. The van der Waals surface area contributed by atoms with Gasteiger partial charge in [0.2, 0.25) is 0 Å². The first kappa shape index (κ1) is 29.4. The van der Waals surface area contributed by atoms with Crippen LogP contribution in [0.25, 0.3) is 0 Å². The van der Waals surface area contributed by atoms with Gasteiger partial charge in [-0.1, -0.05) is 23.8 Å². The maximum absolute atomic E-state index is 13.1. The maximum atomic E-state index is 13.1. The summed E-state index contributed by atoms with van der Waals surface area (Å²) in [7, 11) is 3.29. The van der Waals surface area contributed by atoms with E-state index in [2.05, 4.69) is 15.5 Å². The number of esters is 1. The predicted molar refractivity (Wildman–Crippen MR) is 149 cm³/mol. The molecule has 3 rings (SSSR count). The number of hydrogen-bond donors (Lipinski definition) is 2. The highest BCUT2D eigenvalue weighted by Crippen LogP contribution is 2.34. The Bertz CT molecular complexity index is 1020. The molecule has 2 aromatic rings. The number of rotatable bonds is 13. The molecule has 1 fully saturated rings. The monoisotopic (exact) mass is 527 g/mol. The molecular weight excluding hydrogens is 486 g/mol. The first-order chi connectivity index (χ1) is 18.4. The smallest absolute Gasteiger partial charge is 0.323 e. The molecule has 2 N–H and O–H groups in total. The molecule has 2 aromatic carbocycles. The predicted octanol–water partition coefficient (Wildman–Crippen LogP) is 4.95. The number of benzene rings is 2. The van der Waals surface area contributed by atoms with E-state index in [0.717, 1.165) is 29.7 Å². The van der Waals surface area contributed by atoms with Crippen LogP contribution in [0, 0.1) is 6.92 Å². The highest BCUT2D eigenvalue weighted by Gasteiger charge is 2.26. The average molecular weight is 528 g/mol. The Morgan fingerprint density at radius 3 is 2.45 bits per heavy atom. The Hall–Kier alpha value is -3.14. The molecule has 0 aromatic heterocycles. The minimum Gasteiger partial charge on any atom is -0.466 e. The molecule has 1 aliphatic heterocycles. The van der Waals surface area contributed by atoms with Crippen molar-refractivity contribution in [1.29, 1.82) is 0 Å². The number of anilines is 3. The van der Waals surface area contributed by atoms with Crippen LogP contribution in [0.5, 0.6) is 0 Å². The van der Waals surface area contributed by atoms with Crippen molar-refractivity contribution in [2.75, 3.05) is 69.3 Å². The van der Waals surface area contributed by atoms with E-state index in [1.807, 2.05) is 49.4 Å². The number of urea groups is 1. The lowest BCUT2D eigenvalue weighted by Crippen LogP contribution is -2.42. The van der Waals surface area contributed by atoms with Crippen molar-refractivity contribution in [1.82, 2.24) is 0 Å². The summed E-state index contributed by atoms with van der Waals surface area (Å²) in [5.41, 5.74) is 4.24. The number of nitrogens with zero attached hydrogens (tertiary/aromatic N) is 1. The van der Waals surface area contributed by atoms with Gasteiger partial charge in [-0.15, -0.1) is 0 Å². The lowest BCUT2D eigenvalue weighted by Gasteiger charge is -2.37. The molecule has 1 aliphatic rings. The van der Waals surface area contributed by atoms with E-state index >= 15 is 0 Å². The summed E-state index contributed by atoms with van der Waals surface area (Å²) in [4.78, 5) is 27.7. The molecule has 38 heavy (non-hydrogen) atoms. The van der Waals surface area contributed by atoms with E-state index in [1.54, 1.807) is 21.1 Å². The zero-order valence-corrected chi connectivity index (χ0v) is 23.0. The molecule has 0 aliphatic carbocycles. The van der Waals surface area contributed by atoms with Crippen LogP contribution in [0.15, 0.2) is 42.5 Å². The molecule has 0 spiro atoms. The Morgan fingerprint density at radius 1 is 1.05 bits per heavy atom. The second-order valence-electron chi connectivity index (χ2n) is 9.41. The van der Waals surface area contributed by atoms with Gasteiger partial charge in [-0.2, -0.15) is 0 Å². The van der Waals surface area contributed by atoms with Gasteiger partial charge in [0.25, 0.3) is 0 Å². The van der Waals surface area contributed by atoms with Crippen LogP contribution in [0.1, 0.15) is 43.2 Å². The molecule has 1 heterocycles. The van der Waals surface area contributed by atoms with Crippen LogP contribution >= 0.6 is 0 Å². The normalized spacial score (nSPS) is 14.5. The van der Waals surface area contributed by atoms with Crippen LogP contribution in [-0.2, 0) is 23.7 Å². The van der Waals surface area contributed by atoms with E-state index in [4.69, 9.17) is 18.9 Å². The molecule has 9 heteroatoms. The number of nitrogens with one attached hydrogen (secondary N) is 2. The third-order valence-corrected chi connectivity index (χ3v) is 6.61. The molecule has 0 saturated carbocycles. The summed E-state index contributed by atoms with van der Waals surface area (Å²) in [6.07, 6.45) is 1.95. The number of carbonyl (C=O) groups excluding carboxylic acids is 2. The zero-order valence-electron chi connectivity index (χ0n) is 23.0. The van der Waals surface area contributed by atoms with Gasteiger partial charge in [-0.25, -0.2) is 4.79 Å². The SMILES string of the molecule is CCOC(=O)CC(COC)c1ccc(N(CCOC)C2CCOCC2)c(NC(=O)Nc2ccc(C)cc2)c1. The number of methoxy groups -OCH3 is 2. The van der Waals surface area contributed by atoms with E-state index in [0.29, 0.717) is 51.0 Å². The van der Waals surface area contributed by atoms with E-state index in [9.17, 15) is 9.59 Å². The lowest BCUT2D eigenvalue weighted by molar-refractivity contribution is -0.143. The quantitative estimate of drug-likeness (QED) is 0.356. The minimum atomic E-state index is -0.348.